The van der Waals surface area contributed by atoms with E-state index < -0.39 is 11.9 Å². The molecular formula is C21H22N2O5S. The lowest BCUT2D eigenvalue weighted by Gasteiger charge is -2.14. The van der Waals surface area contributed by atoms with Crippen LogP contribution in [0.3, 0.4) is 0 Å². The number of ether oxygens (including phenoxy) is 3. The highest BCUT2D eigenvalue weighted by atomic mass is 32.1. The fourth-order valence-electron chi connectivity index (χ4n) is 3.02. The van der Waals surface area contributed by atoms with Gasteiger partial charge in [0.1, 0.15) is 23.1 Å². The molecule has 8 heteroatoms. The molecule has 0 N–H and O–H groups in total. The molecule has 0 fully saturated rings. The summed E-state index contributed by atoms with van der Waals surface area (Å²) < 4.78 is 18.4. The van der Waals surface area contributed by atoms with E-state index in [9.17, 15) is 9.59 Å². The number of hydrogen-bond acceptors (Lipinski definition) is 6. The summed E-state index contributed by atoms with van der Waals surface area (Å²) >= 11 is 1.32. The minimum Gasteiger partial charge on any atom is -0.496 e. The summed E-state index contributed by atoms with van der Waals surface area (Å²) in [5.41, 5.74) is 1.03. The summed E-state index contributed by atoms with van der Waals surface area (Å²) in [4.78, 5) is 30.2. The van der Waals surface area contributed by atoms with Crippen molar-refractivity contribution in [1.29, 1.82) is 0 Å². The van der Waals surface area contributed by atoms with Gasteiger partial charge in [-0.05, 0) is 38.1 Å². The Bertz CT molecular complexity index is 1090. The van der Waals surface area contributed by atoms with Crippen LogP contribution in [-0.2, 0) is 9.53 Å². The van der Waals surface area contributed by atoms with Crippen LogP contribution in [0.5, 0.6) is 11.5 Å². The normalized spacial score (nSPS) is 12.6. The number of benzene rings is 2. The maximum absolute atomic E-state index is 13.1. The molecule has 0 spiro atoms. The molecule has 0 aliphatic heterocycles. The topological polar surface area (TPSA) is 79.1 Å². The Morgan fingerprint density at radius 2 is 1.72 bits per heavy atom. The Kier molecular flexibility index (Phi) is 6.33. The zero-order valence-corrected chi connectivity index (χ0v) is 17.5. The zero-order chi connectivity index (χ0) is 21.0. The fourth-order valence-corrected chi connectivity index (χ4v) is 4.11. The van der Waals surface area contributed by atoms with E-state index in [1.165, 1.54) is 25.6 Å². The summed E-state index contributed by atoms with van der Waals surface area (Å²) in [6, 6.07) is 12.0. The van der Waals surface area contributed by atoms with Crippen molar-refractivity contribution < 1.29 is 23.8 Å². The highest BCUT2D eigenvalue weighted by Gasteiger charge is 2.22. The number of fused-ring (bicyclic) bond motifs is 1. The molecule has 0 aliphatic carbocycles. The number of methoxy groups -OCH3 is 2. The smallest absolute Gasteiger partial charge is 0.328 e. The average Bonchev–Trinajstić information content (AvgIpc) is 3.10. The third-order valence-corrected chi connectivity index (χ3v) is 5.42. The molecule has 2 aromatic carbocycles. The van der Waals surface area contributed by atoms with E-state index in [1.54, 1.807) is 36.6 Å². The van der Waals surface area contributed by atoms with Gasteiger partial charge in [0.25, 0.3) is 5.91 Å². The predicted octanol–water partition coefficient (Wildman–Crippen LogP) is 3.59. The van der Waals surface area contributed by atoms with E-state index in [-0.39, 0.29) is 18.1 Å². The first-order chi connectivity index (χ1) is 14.0. The molecule has 0 radical (unpaired) electrons. The molecule has 0 saturated heterocycles. The number of thiazole rings is 1. The van der Waals surface area contributed by atoms with E-state index in [2.05, 4.69) is 4.99 Å². The van der Waals surface area contributed by atoms with Gasteiger partial charge < -0.3 is 18.8 Å². The second-order valence-electron chi connectivity index (χ2n) is 6.10. The monoisotopic (exact) mass is 414 g/mol. The number of carbonyl (C=O) groups excluding carboxylic acids is 2. The maximum Gasteiger partial charge on any atom is 0.328 e. The first-order valence-electron chi connectivity index (χ1n) is 9.08. The largest absolute Gasteiger partial charge is 0.496 e. The van der Waals surface area contributed by atoms with Gasteiger partial charge in [0.2, 0.25) is 0 Å². The second kappa shape index (κ2) is 8.91. The number of hydrogen-bond donors (Lipinski definition) is 0. The van der Waals surface area contributed by atoms with Crippen LogP contribution in [-0.4, -0.2) is 37.3 Å². The molecule has 3 rings (SSSR count). The third kappa shape index (κ3) is 4.02. The summed E-state index contributed by atoms with van der Waals surface area (Å²) in [6.45, 7) is 3.75. The summed E-state index contributed by atoms with van der Waals surface area (Å²) in [7, 11) is 2.96. The van der Waals surface area contributed by atoms with Crippen molar-refractivity contribution in [2.24, 2.45) is 4.99 Å². The number of carbonyl (C=O) groups is 2. The first-order valence-corrected chi connectivity index (χ1v) is 9.90. The number of amides is 1. The van der Waals surface area contributed by atoms with Gasteiger partial charge in [-0.15, -0.1) is 0 Å². The van der Waals surface area contributed by atoms with Gasteiger partial charge in [0.05, 0.1) is 31.0 Å². The molecule has 3 aromatic rings. The van der Waals surface area contributed by atoms with E-state index in [4.69, 9.17) is 14.2 Å². The first kappa shape index (κ1) is 20.6. The van der Waals surface area contributed by atoms with Crippen LogP contribution in [0, 0.1) is 0 Å². The highest BCUT2D eigenvalue weighted by Crippen LogP contribution is 2.29. The molecule has 1 unspecified atom stereocenters. The second-order valence-corrected chi connectivity index (χ2v) is 7.11. The van der Waals surface area contributed by atoms with Gasteiger partial charge in [-0.3, -0.25) is 4.79 Å². The summed E-state index contributed by atoms with van der Waals surface area (Å²) in [6.07, 6.45) is 0. The Morgan fingerprint density at radius 1 is 1.07 bits per heavy atom. The van der Waals surface area contributed by atoms with Crippen molar-refractivity contribution in [2.45, 2.75) is 19.9 Å². The highest BCUT2D eigenvalue weighted by molar-refractivity contribution is 7.16. The van der Waals surface area contributed by atoms with Crippen molar-refractivity contribution in [1.82, 2.24) is 4.57 Å². The standard InChI is InChI=1S/C21H22N2O5S/c1-5-28-20(25)13(2)23-14-9-6-7-12-17(14)29-21(23)22-19(24)18-15(26-3)10-8-11-16(18)27-4/h6-13H,5H2,1-4H3. The van der Waals surface area contributed by atoms with Crippen molar-refractivity contribution in [3.63, 3.8) is 0 Å². The van der Waals surface area contributed by atoms with Crippen LogP contribution >= 0.6 is 11.3 Å². The van der Waals surface area contributed by atoms with Gasteiger partial charge in [-0.25, -0.2) is 4.79 Å². The van der Waals surface area contributed by atoms with Crippen molar-refractivity contribution in [3.05, 3.63) is 52.8 Å². The molecule has 29 heavy (non-hydrogen) atoms. The van der Waals surface area contributed by atoms with Crippen molar-refractivity contribution in [3.8, 4) is 11.5 Å². The van der Waals surface area contributed by atoms with E-state index in [0.717, 1.165) is 10.2 Å². The van der Waals surface area contributed by atoms with Crippen LogP contribution in [0.25, 0.3) is 10.2 Å². The van der Waals surface area contributed by atoms with Crippen LogP contribution in [0.4, 0.5) is 0 Å². The molecule has 0 bridgehead atoms. The molecular weight excluding hydrogens is 392 g/mol. The lowest BCUT2D eigenvalue weighted by Crippen LogP contribution is -2.27. The quantitative estimate of drug-likeness (QED) is 0.576. The average molecular weight is 414 g/mol. The van der Waals surface area contributed by atoms with Gasteiger partial charge in [-0.2, -0.15) is 4.99 Å². The number of para-hydroxylation sites is 1. The summed E-state index contributed by atoms with van der Waals surface area (Å²) in [5, 5.41) is 0. The third-order valence-electron chi connectivity index (χ3n) is 4.39. The van der Waals surface area contributed by atoms with Gasteiger partial charge in [0, 0.05) is 0 Å². The minimum absolute atomic E-state index is 0.227. The Morgan fingerprint density at radius 3 is 2.34 bits per heavy atom. The van der Waals surface area contributed by atoms with Crippen molar-refractivity contribution >= 4 is 33.4 Å². The van der Waals surface area contributed by atoms with Gasteiger partial charge >= 0.3 is 5.97 Å². The zero-order valence-electron chi connectivity index (χ0n) is 16.7. The lowest BCUT2D eigenvalue weighted by molar-refractivity contribution is -0.146. The molecule has 0 saturated carbocycles. The van der Waals surface area contributed by atoms with E-state index in [0.29, 0.717) is 16.3 Å². The van der Waals surface area contributed by atoms with Crippen LogP contribution < -0.4 is 14.3 Å². The van der Waals surface area contributed by atoms with E-state index in [1.807, 2.05) is 24.3 Å². The number of rotatable bonds is 6. The predicted molar refractivity (Wildman–Crippen MR) is 111 cm³/mol. The van der Waals surface area contributed by atoms with Crippen LogP contribution in [0.1, 0.15) is 30.2 Å². The molecule has 7 nitrogen and oxygen atoms in total. The molecule has 1 aromatic heterocycles. The van der Waals surface area contributed by atoms with Gasteiger partial charge in [0.15, 0.2) is 4.80 Å². The van der Waals surface area contributed by atoms with E-state index >= 15 is 0 Å². The minimum atomic E-state index is -0.641. The SMILES string of the molecule is CCOC(=O)C(C)n1c(=NC(=O)c2c(OC)cccc2OC)sc2ccccc21. The fraction of sp³-hybridized carbons (Fsp3) is 0.286. The molecule has 1 heterocycles. The Balaban J connectivity index is 2.20. The molecule has 1 atom stereocenters. The lowest BCUT2D eigenvalue weighted by atomic mass is 10.1. The number of aromatic nitrogens is 1. The van der Waals surface area contributed by atoms with Gasteiger partial charge in [-0.1, -0.05) is 29.5 Å². The van der Waals surface area contributed by atoms with Crippen LogP contribution in [0.2, 0.25) is 0 Å². The number of esters is 1. The van der Waals surface area contributed by atoms with Crippen molar-refractivity contribution in [2.75, 3.05) is 20.8 Å². The molecule has 152 valence electrons. The Hall–Kier alpha value is -3.13. The molecule has 1 amide bonds. The summed E-state index contributed by atoms with van der Waals surface area (Å²) in [5.74, 6) is -0.177. The Labute approximate surface area is 172 Å². The number of nitrogens with zero attached hydrogens (tertiary/aromatic N) is 2. The van der Waals surface area contributed by atoms with Crippen LogP contribution in [0.15, 0.2) is 47.5 Å². The maximum atomic E-state index is 13.1. The molecule has 0 aliphatic rings.